The first-order valence-corrected chi connectivity index (χ1v) is 8.79. The Balaban J connectivity index is 1.62. The number of H-pyrrole nitrogens is 1. The van der Waals surface area contributed by atoms with Crippen molar-refractivity contribution in [3.8, 4) is 0 Å². The van der Waals surface area contributed by atoms with Gasteiger partial charge >= 0.3 is 5.97 Å². The lowest BCUT2D eigenvalue weighted by Gasteiger charge is -2.30. The summed E-state index contributed by atoms with van der Waals surface area (Å²) >= 11 is 0. The second kappa shape index (κ2) is 7.59. The SMILES string of the molecule is O=C(OC(C(=O)N1CCOCC1)c1ccccc1)c1n[nH]c2ccccc12. The van der Waals surface area contributed by atoms with Crippen molar-refractivity contribution in [2.75, 3.05) is 26.3 Å². The van der Waals surface area contributed by atoms with Crippen LogP contribution in [0.25, 0.3) is 10.9 Å². The number of carbonyl (C=O) groups excluding carboxylic acids is 2. The lowest BCUT2D eigenvalue weighted by atomic mass is 10.1. The average Bonchev–Trinajstić information content (AvgIpc) is 3.17. The van der Waals surface area contributed by atoms with Crippen molar-refractivity contribution >= 4 is 22.8 Å². The molecule has 1 atom stereocenters. The van der Waals surface area contributed by atoms with Crippen molar-refractivity contribution < 1.29 is 19.1 Å². The summed E-state index contributed by atoms with van der Waals surface area (Å²) in [4.78, 5) is 27.5. The molecule has 1 aliphatic heterocycles. The van der Waals surface area contributed by atoms with Gasteiger partial charge in [-0.25, -0.2) is 4.79 Å². The lowest BCUT2D eigenvalue weighted by molar-refractivity contribution is -0.145. The van der Waals surface area contributed by atoms with Gasteiger partial charge in [0.15, 0.2) is 5.69 Å². The number of benzene rings is 2. The molecule has 7 nitrogen and oxygen atoms in total. The molecule has 1 unspecified atom stereocenters. The zero-order chi connectivity index (χ0) is 18.6. The predicted molar refractivity (Wildman–Crippen MR) is 98.1 cm³/mol. The normalized spacial score (nSPS) is 15.5. The van der Waals surface area contributed by atoms with E-state index >= 15 is 0 Å². The van der Waals surface area contributed by atoms with Gasteiger partial charge < -0.3 is 14.4 Å². The summed E-state index contributed by atoms with van der Waals surface area (Å²) in [5.74, 6) is -0.888. The maximum Gasteiger partial charge on any atom is 0.360 e. The van der Waals surface area contributed by atoms with Crippen LogP contribution >= 0.6 is 0 Å². The highest BCUT2D eigenvalue weighted by molar-refractivity contribution is 6.02. The summed E-state index contributed by atoms with van der Waals surface area (Å²) in [6.45, 7) is 1.91. The third-order valence-corrected chi connectivity index (χ3v) is 4.54. The maximum absolute atomic E-state index is 13.0. The Kier molecular flexibility index (Phi) is 4.84. The van der Waals surface area contributed by atoms with Gasteiger partial charge in [0.2, 0.25) is 6.10 Å². The number of ether oxygens (including phenoxy) is 2. The molecule has 1 N–H and O–H groups in total. The Hall–Kier alpha value is -3.19. The van der Waals surface area contributed by atoms with Crippen LogP contribution in [0.1, 0.15) is 22.2 Å². The van der Waals surface area contributed by atoms with Gasteiger partial charge in [-0.05, 0) is 6.07 Å². The van der Waals surface area contributed by atoms with E-state index < -0.39 is 12.1 Å². The molecule has 0 aliphatic carbocycles. The largest absolute Gasteiger partial charge is 0.442 e. The molecule has 0 spiro atoms. The Labute approximate surface area is 155 Å². The van der Waals surface area contributed by atoms with E-state index in [-0.39, 0.29) is 11.6 Å². The van der Waals surface area contributed by atoms with Crippen molar-refractivity contribution in [3.63, 3.8) is 0 Å². The highest BCUT2D eigenvalue weighted by atomic mass is 16.5. The smallest absolute Gasteiger partial charge is 0.360 e. The Bertz CT molecular complexity index is 948. The number of morpholine rings is 1. The Morgan fingerprint density at radius 3 is 2.52 bits per heavy atom. The standard InChI is InChI=1S/C20H19N3O4/c24-19(23-10-12-26-13-11-23)18(14-6-2-1-3-7-14)27-20(25)17-15-8-4-5-9-16(15)21-22-17/h1-9,18H,10-13H2,(H,21,22). The van der Waals surface area contributed by atoms with Crippen molar-refractivity contribution in [3.05, 3.63) is 65.9 Å². The van der Waals surface area contributed by atoms with Crippen molar-refractivity contribution in [1.82, 2.24) is 15.1 Å². The minimum absolute atomic E-state index is 0.168. The third kappa shape index (κ3) is 3.54. The summed E-state index contributed by atoms with van der Waals surface area (Å²) in [6, 6.07) is 16.3. The molecule has 2 heterocycles. The molecule has 2 aromatic carbocycles. The number of hydrogen-bond donors (Lipinski definition) is 1. The fourth-order valence-corrected chi connectivity index (χ4v) is 3.12. The lowest BCUT2D eigenvalue weighted by Crippen LogP contribution is -2.44. The van der Waals surface area contributed by atoms with Crippen LogP contribution in [0, 0.1) is 0 Å². The van der Waals surface area contributed by atoms with Crippen LogP contribution in [-0.4, -0.2) is 53.3 Å². The summed E-state index contributed by atoms with van der Waals surface area (Å²) in [5, 5.41) is 7.54. The molecule has 1 amide bonds. The van der Waals surface area contributed by atoms with E-state index in [2.05, 4.69) is 10.2 Å². The summed E-state index contributed by atoms with van der Waals surface area (Å²) < 4.78 is 11.0. The predicted octanol–water partition coefficient (Wildman–Crippen LogP) is 2.32. The molecule has 1 saturated heterocycles. The number of carbonyl (C=O) groups is 2. The molecule has 3 aromatic rings. The highest BCUT2D eigenvalue weighted by Gasteiger charge is 2.31. The van der Waals surface area contributed by atoms with Crippen LogP contribution in [0.2, 0.25) is 0 Å². The Morgan fingerprint density at radius 1 is 1.04 bits per heavy atom. The van der Waals surface area contributed by atoms with Gasteiger partial charge in [-0.15, -0.1) is 0 Å². The van der Waals surface area contributed by atoms with Gasteiger partial charge in [-0.2, -0.15) is 5.10 Å². The second-order valence-electron chi connectivity index (χ2n) is 6.25. The van der Waals surface area contributed by atoms with Gasteiger partial charge in [0.1, 0.15) is 0 Å². The van der Waals surface area contributed by atoms with E-state index in [1.165, 1.54) is 0 Å². The first-order chi connectivity index (χ1) is 13.2. The summed E-state index contributed by atoms with van der Waals surface area (Å²) in [6.07, 6.45) is -1.02. The van der Waals surface area contributed by atoms with Crippen LogP contribution in [0.15, 0.2) is 54.6 Å². The van der Waals surface area contributed by atoms with E-state index in [0.717, 1.165) is 5.52 Å². The number of rotatable bonds is 4. The van der Waals surface area contributed by atoms with E-state index in [1.807, 2.05) is 36.4 Å². The number of esters is 1. The number of fused-ring (bicyclic) bond motifs is 1. The zero-order valence-corrected chi connectivity index (χ0v) is 14.6. The van der Waals surface area contributed by atoms with Crippen molar-refractivity contribution in [2.24, 2.45) is 0 Å². The molecule has 1 aromatic heterocycles. The van der Waals surface area contributed by atoms with Gasteiger partial charge in [-0.3, -0.25) is 9.89 Å². The van der Waals surface area contributed by atoms with Gasteiger partial charge in [0.05, 0.1) is 18.7 Å². The van der Waals surface area contributed by atoms with Crippen LogP contribution in [0.4, 0.5) is 0 Å². The first-order valence-electron chi connectivity index (χ1n) is 8.79. The molecule has 138 valence electrons. The van der Waals surface area contributed by atoms with Gasteiger partial charge in [-0.1, -0.05) is 48.5 Å². The highest BCUT2D eigenvalue weighted by Crippen LogP contribution is 2.24. The van der Waals surface area contributed by atoms with E-state index in [1.54, 1.807) is 23.1 Å². The molecule has 7 heteroatoms. The number of amides is 1. The minimum Gasteiger partial charge on any atom is -0.442 e. The van der Waals surface area contributed by atoms with Crippen LogP contribution in [-0.2, 0) is 14.3 Å². The van der Waals surface area contributed by atoms with Crippen molar-refractivity contribution in [2.45, 2.75) is 6.10 Å². The number of nitrogens with zero attached hydrogens (tertiary/aromatic N) is 2. The minimum atomic E-state index is -1.02. The van der Waals surface area contributed by atoms with Gasteiger partial charge in [0.25, 0.3) is 5.91 Å². The average molecular weight is 365 g/mol. The fourth-order valence-electron chi connectivity index (χ4n) is 3.12. The zero-order valence-electron chi connectivity index (χ0n) is 14.6. The summed E-state index contributed by atoms with van der Waals surface area (Å²) in [7, 11) is 0. The second-order valence-corrected chi connectivity index (χ2v) is 6.25. The number of hydrogen-bond acceptors (Lipinski definition) is 5. The molecule has 1 aliphatic rings. The third-order valence-electron chi connectivity index (χ3n) is 4.54. The van der Waals surface area contributed by atoms with E-state index in [0.29, 0.717) is 37.3 Å². The molecule has 0 saturated carbocycles. The summed E-state index contributed by atoms with van der Waals surface area (Å²) in [5.41, 5.74) is 1.53. The molecule has 4 rings (SSSR count). The monoisotopic (exact) mass is 365 g/mol. The number of para-hydroxylation sites is 1. The molecular formula is C20H19N3O4. The van der Waals surface area contributed by atoms with Crippen LogP contribution in [0.3, 0.4) is 0 Å². The molecule has 0 bridgehead atoms. The fraction of sp³-hybridized carbons (Fsp3) is 0.250. The maximum atomic E-state index is 13.0. The topological polar surface area (TPSA) is 84.5 Å². The van der Waals surface area contributed by atoms with Crippen molar-refractivity contribution in [1.29, 1.82) is 0 Å². The Morgan fingerprint density at radius 2 is 1.74 bits per heavy atom. The first kappa shape index (κ1) is 17.2. The van der Waals surface area contributed by atoms with E-state index in [9.17, 15) is 9.59 Å². The quantitative estimate of drug-likeness (QED) is 0.717. The number of aromatic amines is 1. The van der Waals surface area contributed by atoms with Crippen LogP contribution in [0.5, 0.6) is 0 Å². The van der Waals surface area contributed by atoms with Crippen LogP contribution < -0.4 is 0 Å². The number of aromatic nitrogens is 2. The number of nitrogens with one attached hydrogen (secondary N) is 1. The van der Waals surface area contributed by atoms with E-state index in [4.69, 9.17) is 9.47 Å². The van der Waals surface area contributed by atoms with Gasteiger partial charge in [0, 0.05) is 24.0 Å². The molecule has 1 fully saturated rings. The molecular weight excluding hydrogens is 346 g/mol. The molecule has 0 radical (unpaired) electrons. The molecule has 27 heavy (non-hydrogen) atoms.